The smallest absolute Gasteiger partial charge is 0.322 e. The van der Waals surface area contributed by atoms with Gasteiger partial charge in [0.05, 0.1) is 5.71 Å². The summed E-state index contributed by atoms with van der Waals surface area (Å²) < 4.78 is 1.64. The molecule has 16 heavy (non-hydrogen) atoms. The van der Waals surface area contributed by atoms with Crippen molar-refractivity contribution < 1.29 is 9.90 Å². The second-order valence-electron chi connectivity index (χ2n) is 3.54. The molecule has 0 amide bonds. The van der Waals surface area contributed by atoms with Gasteiger partial charge >= 0.3 is 5.97 Å². The van der Waals surface area contributed by atoms with E-state index in [2.05, 4.69) is 15.3 Å². The van der Waals surface area contributed by atoms with Gasteiger partial charge in [-0.3, -0.25) is 4.79 Å². The lowest BCUT2D eigenvalue weighted by Crippen LogP contribution is -2.28. The van der Waals surface area contributed by atoms with Crippen LogP contribution in [0.15, 0.2) is 10.3 Å². The van der Waals surface area contributed by atoms with Gasteiger partial charge in [-0.15, -0.1) is 10.2 Å². The first-order valence-electron chi connectivity index (χ1n) is 5.02. The predicted octanol–water partition coefficient (Wildman–Crippen LogP) is 1.01. The highest BCUT2D eigenvalue weighted by molar-refractivity contribution is 8.01. The number of aryl methyl sites for hydroxylation is 1. The Morgan fingerprint density at radius 2 is 2.31 bits per heavy atom. The monoisotopic (exact) mass is 240 g/mol. The lowest BCUT2D eigenvalue weighted by Gasteiger charge is -2.16. The molecule has 2 rings (SSSR count). The lowest BCUT2D eigenvalue weighted by molar-refractivity contribution is -0.135. The fourth-order valence-corrected chi connectivity index (χ4v) is 2.34. The summed E-state index contributed by atoms with van der Waals surface area (Å²) >= 11 is 1.18. The van der Waals surface area contributed by atoms with Gasteiger partial charge in [-0.2, -0.15) is 9.78 Å². The SMILES string of the molecule is CCCc1nnc2n1N=C(C)C(C(=O)O)S2. The molecule has 86 valence electrons. The van der Waals surface area contributed by atoms with Gasteiger partial charge in [0.1, 0.15) is 5.25 Å². The molecule has 0 fully saturated rings. The number of aromatic nitrogens is 3. The summed E-state index contributed by atoms with van der Waals surface area (Å²) in [5.74, 6) is -0.106. The lowest BCUT2D eigenvalue weighted by atomic mass is 10.3. The van der Waals surface area contributed by atoms with Crippen molar-refractivity contribution in [3.05, 3.63) is 5.82 Å². The standard InChI is InChI=1S/C9H12N4O2S/c1-3-4-6-10-11-9-13(6)12-5(2)7(16-9)8(14)15/h7H,3-4H2,1-2H3,(H,14,15). The summed E-state index contributed by atoms with van der Waals surface area (Å²) in [4.78, 5) is 10.9. The third kappa shape index (κ3) is 1.82. The highest BCUT2D eigenvalue weighted by atomic mass is 32.2. The minimum absolute atomic E-state index is 0.557. The zero-order valence-corrected chi connectivity index (χ0v) is 9.86. The van der Waals surface area contributed by atoms with E-state index < -0.39 is 11.2 Å². The maximum Gasteiger partial charge on any atom is 0.322 e. The average molecular weight is 240 g/mol. The highest BCUT2D eigenvalue weighted by Crippen LogP contribution is 2.28. The van der Waals surface area contributed by atoms with Gasteiger partial charge in [0.25, 0.3) is 0 Å². The van der Waals surface area contributed by atoms with Crippen LogP contribution in [0.1, 0.15) is 26.1 Å². The Morgan fingerprint density at radius 3 is 2.94 bits per heavy atom. The number of fused-ring (bicyclic) bond motifs is 1. The van der Waals surface area contributed by atoms with Gasteiger partial charge in [-0.25, -0.2) is 0 Å². The molecule has 0 radical (unpaired) electrons. The van der Waals surface area contributed by atoms with Gasteiger partial charge in [0.15, 0.2) is 5.82 Å². The minimum Gasteiger partial charge on any atom is -0.480 e. The number of carboxylic acids is 1. The van der Waals surface area contributed by atoms with E-state index in [4.69, 9.17) is 5.11 Å². The number of nitrogens with zero attached hydrogens (tertiary/aromatic N) is 4. The summed E-state index contributed by atoms with van der Waals surface area (Å²) in [5, 5.41) is 21.1. The van der Waals surface area contributed by atoms with Crippen LogP contribution in [0, 0.1) is 0 Å². The molecule has 7 heteroatoms. The van der Waals surface area contributed by atoms with Crippen LogP contribution in [0.3, 0.4) is 0 Å². The molecule has 2 heterocycles. The number of hydrogen-bond acceptors (Lipinski definition) is 5. The van der Waals surface area contributed by atoms with E-state index in [1.54, 1.807) is 11.6 Å². The highest BCUT2D eigenvalue weighted by Gasteiger charge is 2.30. The molecular weight excluding hydrogens is 228 g/mol. The third-order valence-corrected chi connectivity index (χ3v) is 3.48. The number of hydrogen-bond donors (Lipinski definition) is 1. The van der Waals surface area contributed by atoms with Crippen LogP contribution in [-0.2, 0) is 11.2 Å². The maximum atomic E-state index is 10.9. The molecule has 1 unspecified atom stereocenters. The minimum atomic E-state index is -0.891. The summed E-state index contributed by atoms with van der Waals surface area (Å²) in [6.45, 7) is 3.76. The van der Waals surface area contributed by atoms with Crippen molar-refractivity contribution in [2.75, 3.05) is 0 Å². The average Bonchev–Trinajstić information content (AvgIpc) is 2.60. The van der Waals surface area contributed by atoms with Crippen LogP contribution >= 0.6 is 11.8 Å². The summed E-state index contributed by atoms with van der Waals surface area (Å²) in [6.07, 6.45) is 1.75. The summed E-state index contributed by atoms with van der Waals surface area (Å²) in [6, 6.07) is 0. The molecule has 1 atom stereocenters. The fourth-order valence-electron chi connectivity index (χ4n) is 1.48. The number of rotatable bonds is 3. The molecule has 1 aromatic heterocycles. The van der Waals surface area contributed by atoms with Crippen LogP contribution in [0.5, 0.6) is 0 Å². The van der Waals surface area contributed by atoms with Crippen LogP contribution < -0.4 is 0 Å². The number of thioether (sulfide) groups is 1. The van der Waals surface area contributed by atoms with E-state index in [-0.39, 0.29) is 0 Å². The molecule has 0 spiro atoms. The molecule has 6 nitrogen and oxygen atoms in total. The molecular formula is C9H12N4O2S. The Balaban J connectivity index is 2.36. The van der Waals surface area contributed by atoms with Crippen molar-refractivity contribution in [3.8, 4) is 0 Å². The van der Waals surface area contributed by atoms with Gasteiger partial charge in [0, 0.05) is 6.42 Å². The predicted molar refractivity (Wildman–Crippen MR) is 59.8 cm³/mol. The van der Waals surface area contributed by atoms with E-state index >= 15 is 0 Å². The van der Waals surface area contributed by atoms with Crippen molar-refractivity contribution in [3.63, 3.8) is 0 Å². The zero-order chi connectivity index (χ0) is 11.7. The number of carboxylic acid groups (broad SMARTS) is 1. The Labute approximate surface area is 96.8 Å². The van der Waals surface area contributed by atoms with Crippen molar-refractivity contribution in [2.45, 2.75) is 37.1 Å². The van der Waals surface area contributed by atoms with E-state index in [1.807, 2.05) is 6.92 Å². The van der Waals surface area contributed by atoms with E-state index in [1.165, 1.54) is 11.8 Å². The zero-order valence-electron chi connectivity index (χ0n) is 9.04. The molecule has 0 aliphatic carbocycles. The Kier molecular flexibility index (Phi) is 2.95. The van der Waals surface area contributed by atoms with E-state index in [9.17, 15) is 4.79 Å². The van der Waals surface area contributed by atoms with Gasteiger partial charge in [0.2, 0.25) is 5.16 Å². The molecule has 1 N–H and O–H groups in total. The van der Waals surface area contributed by atoms with Gasteiger partial charge < -0.3 is 5.11 Å². The third-order valence-electron chi connectivity index (χ3n) is 2.23. The Bertz CT molecular complexity index is 454. The Morgan fingerprint density at radius 1 is 1.56 bits per heavy atom. The number of aliphatic carboxylic acids is 1. The quantitative estimate of drug-likeness (QED) is 0.853. The van der Waals surface area contributed by atoms with Gasteiger partial charge in [-0.05, 0) is 13.3 Å². The van der Waals surface area contributed by atoms with Crippen LogP contribution in [-0.4, -0.2) is 36.9 Å². The summed E-state index contributed by atoms with van der Waals surface area (Å²) in [7, 11) is 0. The summed E-state index contributed by atoms with van der Waals surface area (Å²) in [5.41, 5.74) is 0.571. The van der Waals surface area contributed by atoms with Crippen molar-refractivity contribution in [1.82, 2.24) is 14.9 Å². The first-order chi connectivity index (χ1) is 7.63. The van der Waals surface area contributed by atoms with E-state index in [0.717, 1.165) is 18.7 Å². The largest absolute Gasteiger partial charge is 0.480 e. The Hall–Kier alpha value is -1.37. The van der Waals surface area contributed by atoms with Crippen LogP contribution in [0.4, 0.5) is 0 Å². The molecule has 0 saturated carbocycles. The fraction of sp³-hybridized carbons (Fsp3) is 0.556. The van der Waals surface area contributed by atoms with Crippen LogP contribution in [0.25, 0.3) is 0 Å². The molecule has 1 aliphatic heterocycles. The molecule has 0 bridgehead atoms. The van der Waals surface area contributed by atoms with Crippen molar-refractivity contribution in [2.24, 2.45) is 5.10 Å². The second kappa shape index (κ2) is 4.25. The maximum absolute atomic E-state index is 10.9. The molecule has 0 saturated heterocycles. The normalized spacial score (nSPS) is 19.1. The molecule has 1 aromatic rings. The van der Waals surface area contributed by atoms with Crippen molar-refractivity contribution in [1.29, 1.82) is 0 Å². The van der Waals surface area contributed by atoms with E-state index in [0.29, 0.717) is 10.9 Å². The topological polar surface area (TPSA) is 80.4 Å². The molecule has 0 aromatic carbocycles. The molecule has 1 aliphatic rings. The first-order valence-corrected chi connectivity index (χ1v) is 5.90. The first kappa shape index (κ1) is 11.1. The second-order valence-corrected chi connectivity index (χ2v) is 4.61. The van der Waals surface area contributed by atoms with Gasteiger partial charge in [-0.1, -0.05) is 18.7 Å². The number of carbonyl (C=O) groups is 1. The van der Waals surface area contributed by atoms with Crippen molar-refractivity contribution >= 4 is 23.4 Å². The van der Waals surface area contributed by atoms with Crippen LogP contribution in [0.2, 0.25) is 0 Å².